The van der Waals surface area contributed by atoms with Gasteiger partial charge >= 0.3 is 0 Å². The first-order valence-electron chi connectivity index (χ1n) is 7.19. The van der Waals surface area contributed by atoms with E-state index in [1.807, 2.05) is 0 Å². The van der Waals surface area contributed by atoms with E-state index >= 15 is 0 Å². The summed E-state index contributed by atoms with van der Waals surface area (Å²) < 4.78 is 13.1. The van der Waals surface area contributed by atoms with Crippen LogP contribution in [0.15, 0.2) is 24.3 Å². The Kier molecular flexibility index (Phi) is 5.49. The van der Waals surface area contributed by atoms with Crippen LogP contribution in [0.3, 0.4) is 0 Å². The van der Waals surface area contributed by atoms with Crippen molar-refractivity contribution in [2.24, 2.45) is 0 Å². The molecule has 2 N–H and O–H groups in total. The van der Waals surface area contributed by atoms with E-state index in [1.165, 1.54) is 12.1 Å². The van der Waals surface area contributed by atoms with Crippen LogP contribution in [0.5, 0.6) is 0 Å². The largest absolute Gasteiger partial charge is 0.325 e. The molecule has 0 aliphatic carbocycles. The van der Waals surface area contributed by atoms with Crippen molar-refractivity contribution in [2.45, 2.75) is 25.8 Å². The average molecular weight is 279 g/mol. The highest BCUT2D eigenvalue weighted by molar-refractivity contribution is 5.92. The van der Waals surface area contributed by atoms with Crippen LogP contribution in [0.1, 0.15) is 19.8 Å². The number of hydrogen-bond donors (Lipinski definition) is 2. The predicted octanol–water partition coefficient (Wildman–Crippen LogP) is 1.84. The summed E-state index contributed by atoms with van der Waals surface area (Å²) in [5.74, 6) is -0.427. The van der Waals surface area contributed by atoms with Crippen LogP contribution in [0.2, 0.25) is 0 Å². The number of carbonyl (C=O) groups is 1. The van der Waals surface area contributed by atoms with Gasteiger partial charge in [-0.05, 0) is 44.1 Å². The summed E-state index contributed by atoms with van der Waals surface area (Å²) in [5, 5.41) is 6.07. The van der Waals surface area contributed by atoms with E-state index in [0.717, 1.165) is 32.5 Å². The molecule has 0 spiro atoms. The van der Waals surface area contributed by atoms with Crippen LogP contribution in [0.25, 0.3) is 0 Å². The fraction of sp³-hybridized carbons (Fsp3) is 0.533. The quantitative estimate of drug-likeness (QED) is 0.835. The number of benzene rings is 1. The van der Waals surface area contributed by atoms with Crippen molar-refractivity contribution < 1.29 is 9.18 Å². The molecule has 2 rings (SSSR count). The van der Waals surface area contributed by atoms with Crippen molar-refractivity contribution in [3.63, 3.8) is 0 Å². The Morgan fingerprint density at radius 1 is 1.55 bits per heavy atom. The number of nitrogens with zero attached hydrogens (tertiary/aromatic N) is 1. The Morgan fingerprint density at radius 2 is 2.40 bits per heavy atom. The third-order valence-corrected chi connectivity index (χ3v) is 3.52. The summed E-state index contributed by atoms with van der Waals surface area (Å²) in [6.07, 6.45) is 2.09. The SMILES string of the molecule is CCCN(CC(=O)Nc1cccc(F)c1)C1CCNC1. The highest BCUT2D eigenvalue weighted by atomic mass is 19.1. The molecular formula is C15H22FN3O. The predicted molar refractivity (Wildman–Crippen MR) is 78.2 cm³/mol. The van der Waals surface area contributed by atoms with Crippen LogP contribution in [-0.2, 0) is 4.79 Å². The number of halogens is 1. The lowest BCUT2D eigenvalue weighted by molar-refractivity contribution is -0.117. The fourth-order valence-electron chi connectivity index (χ4n) is 2.58. The van der Waals surface area contributed by atoms with Gasteiger partial charge in [0, 0.05) is 18.3 Å². The van der Waals surface area contributed by atoms with Gasteiger partial charge in [-0.3, -0.25) is 9.69 Å². The van der Waals surface area contributed by atoms with Gasteiger partial charge in [0.25, 0.3) is 0 Å². The van der Waals surface area contributed by atoms with Crippen molar-refractivity contribution in [1.82, 2.24) is 10.2 Å². The van der Waals surface area contributed by atoms with Crippen molar-refractivity contribution in [2.75, 3.05) is 31.5 Å². The maximum atomic E-state index is 13.1. The van der Waals surface area contributed by atoms with Crippen molar-refractivity contribution >= 4 is 11.6 Å². The monoisotopic (exact) mass is 279 g/mol. The van der Waals surface area contributed by atoms with Gasteiger partial charge in [-0.25, -0.2) is 4.39 Å². The third kappa shape index (κ3) is 4.28. The Bertz CT molecular complexity index is 446. The van der Waals surface area contributed by atoms with Gasteiger partial charge in [-0.2, -0.15) is 0 Å². The topological polar surface area (TPSA) is 44.4 Å². The molecule has 20 heavy (non-hydrogen) atoms. The molecule has 1 heterocycles. The maximum Gasteiger partial charge on any atom is 0.238 e. The smallest absolute Gasteiger partial charge is 0.238 e. The zero-order valence-electron chi connectivity index (χ0n) is 11.9. The van der Waals surface area contributed by atoms with E-state index in [-0.39, 0.29) is 11.7 Å². The Morgan fingerprint density at radius 3 is 3.05 bits per heavy atom. The van der Waals surface area contributed by atoms with E-state index in [0.29, 0.717) is 18.3 Å². The minimum Gasteiger partial charge on any atom is -0.325 e. The summed E-state index contributed by atoms with van der Waals surface area (Å²) in [6, 6.07) is 6.41. The second-order valence-electron chi connectivity index (χ2n) is 5.18. The molecule has 1 atom stereocenters. The van der Waals surface area contributed by atoms with Gasteiger partial charge in [0.1, 0.15) is 5.82 Å². The minimum absolute atomic E-state index is 0.0871. The van der Waals surface area contributed by atoms with Crippen LogP contribution in [-0.4, -0.2) is 43.0 Å². The van der Waals surface area contributed by atoms with Crippen LogP contribution in [0.4, 0.5) is 10.1 Å². The zero-order chi connectivity index (χ0) is 14.4. The summed E-state index contributed by atoms with van der Waals surface area (Å²) in [7, 11) is 0. The van der Waals surface area contributed by atoms with Crippen LogP contribution in [0, 0.1) is 5.82 Å². The molecule has 1 aromatic carbocycles. The molecule has 0 bridgehead atoms. The molecule has 1 amide bonds. The van der Waals surface area contributed by atoms with E-state index < -0.39 is 0 Å². The van der Waals surface area contributed by atoms with Crippen molar-refractivity contribution in [1.29, 1.82) is 0 Å². The van der Waals surface area contributed by atoms with Gasteiger partial charge in [0.15, 0.2) is 0 Å². The molecule has 110 valence electrons. The Labute approximate surface area is 119 Å². The molecule has 0 radical (unpaired) electrons. The highest BCUT2D eigenvalue weighted by Crippen LogP contribution is 2.11. The first kappa shape index (κ1) is 14.9. The molecule has 4 nitrogen and oxygen atoms in total. The number of amides is 1. The van der Waals surface area contributed by atoms with E-state index in [4.69, 9.17) is 0 Å². The Hall–Kier alpha value is -1.46. The lowest BCUT2D eigenvalue weighted by atomic mass is 10.2. The molecule has 5 heteroatoms. The van der Waals surface area contributed by atoms with Crippen molar-refractivity contribution in [3.05, 3.63) is 30.1 Å². The molecule has 1 saturated heterocycles. The van der Waals surface area contributed by atoms with Gasteiger partial charge in [-0.15, -0.1) is 0 Å². The van der Waals surface area contributed by atoms with E-state index in [2.05, 4.69) is 22.5 Å². The first-order chi connectivity index (χ1) is 9.69. The molecule has 1 unspecified atom stereocenters. The number of anilines is 1. The molecule has 1 aliphatic heterocycles. The molecule has 0 saturated carbocycles. The number of rotatable bonds is 6. The molecule has 1 aliphatic rings. The molecule has 1 fully saturated rings. The summed E-state index contributed by atoms with van der Waals surface area (Å²) in [4.78, 5) is 14.3. The van der Waals surface area contributed by atoms with Crippen LogP contribution < -0.4 is 10.6 Å². The normalized spacial score (nSPS) is 18.4. The zero-order valence-corrected chi connectivity index (χ0v) is 11.9. The Balaban J connectivity index is 1.90. The summed E-state index contributed by atoms with van der Waals surface area (Å²) in [5.41, 5.74) is 0.510. The third-order valence-electron chi connectivity index (χ3n) is 3.52. The highest BCUT2D eigenvalue weighted by Gasteiger charge is 2.23. The van der Waals surface area contributed by atoms with Gasteiger partial charge in [0.2, 0.25) is 5.91 Å². The summed E-state index contributed by atoms with van der Waals surface area (Å²) >= 11 is 0. The lowest BCUT2D eigenvalue weighted by Crippen LogP contribution is -2.42. The van der Waals surface area contributed by atoms with E-state index in [1.54, 1.807) is 12.1 Å². The van der Waals surface area contributed by atoms with Gasteiger partial charge in [0.05, 0.1) is 6.54 Å². The maximum absolute atomic E-state index is 13.1. The molecule has 1 aromatic rings. The molecular weight excluding hydrogens is 257 g/mol. The second kappa shape index (κ2) is 7.36. The van der Waals surface area contributed by atoms with Gasteiger partial charge < -0.3 is 10.6 Å². The van der Waals surface area contributed by atoms with Crippen molar-refractivity contribution in [3.8, 4) is 0 Å². The number of carbonyl (C=O) groups excluding carboxylic acids is 1. The number of hydrogen-bond acceptors (Lipinski definition) is 3. The van der Waals surface area contributed by atoms with Gasteiger partial charge in [-0.1, -0.05) is 13.0 Å². The lowest BCUT2D eigenvalue weighted by Gasteiger charge is -2.27. The molecule has 0 aromatic heterocycles. The standard InChI is InChI=1S/C15H22FN3O/c1-2-8-19(14-6-7-17-10-14)11-15(20)18-13-5-3-4-12(16)9-13/h3-5,9,14,17H,2,6-8,10-11H2,1H3,(H,18,20). The first-order valence-corrected chi connectivity index (χ1v) is 7.19. The minimum atomic E-state index is -0.340. The second-order valence-corrected chi connectivity index (χ2v) is 5.18. The fourth-order valence-corrected chi connectivity index (χ4v) is 2.58. The van der Waals surface area contributed by atoms with Crippen LogP contribution >= 0.6 is 0 Å². The summed E-state index contributed by atoms with van der Waals surface area (Å²) in [6.45, 7) is 5.32. The van der Waals surface area contributed by atoms with E-state index in [9.17, 15) is 9.18 Å². The number of nitrogens with one attached hydrogen (secondary N) is 2. The average Bonchev–Trinajstić information content (AvgIpc) is 2.92.